The predicted octanol–water partition coefficient (Wildman–Crippen LogP) is 2.22. The van der Waals surface area contributed by atoms with Gasteiger partial charge < -0.3 is 4.57 Å². The Bertz CT molecular complexity index is 1020. The number of aryl methyl sites for hydroxylation is 1. The highest BCUT2D eigenvalue weighted by atomic mass is 32.3. The number of fused-ring (bicyclic) bond motifs is 1. The van der Waals surface area contributed by atoms with E-state index in [1.165, 1.54) is 23.0 Å². The van der Waals surface area contributed by atoms with Gasteiger partial charge in [0.1, 0.15) is 5.82 Å². The molecule has 0 atom stereocenters. The van der Waals surface area contributed by atoms with Crippen LogP contribution in [0.2, 0.25) is 0 Å². The van der Waals surface area contributed by atoms with Gasteiger partial charge in [-0.1, -0.05) is 18.2 Å². The van der Waals surface area contributed by atoms with Gasteiger partial charge >= 0.3 is 0 Å². The van der Waals surface area contributed by atoms with Crippen LogP contribution in [0, 0.1) is 5.82 Å². The fourth-order valence-electron chi connectivity index (χ4n) is 2.62. The van der Waals surface area contributed by atoms with E-state index in [2.05, 4.69) is 0 Å². The van der Waals surface area contributed by atoms with Crippen LogP contribution in [0.3, 0.4) is 0 Å². The molecule has 0 saturated carbocycles. The first-order valence-electron chi connectivity index (χ1n) is 7.03. The summed E-state index contributed by atoms with van der Waals surface area (Å²) in [5.41, 5.74) is 1.28. The van der Waals surface area contributed by atoms with Crippen LogP contribution < -0.4 is 10.7 Å². The van der Waals surface area contributed by atoms with Crippen LogP contribution in [0.15, 0.2) is 58.4 Å². The molecule has 0 aliphatic carbocycles. The van der Waals surface area contributed by atoms with Crippen LogP contribution in [0.1, 0.15) is 0 Å². The van der Waals surface area contributed by atoms with Crippen molar-refractivity contribution in [2.45, 2.75) is 4.90 Å². The zero-order chi connectivity index (χ0) is 16.8. The Morgan fingerprint density at radius 2 is 1.87 bits per heavy atom. The molecule has 0 unspecified atom stereocenters. The second-order valence-corrected chi connectivity index (χ2v) is 8.19. The Morgan fingerprint density at radius 3 is 2.57 bits per heavy atom. The Hall–Kier alpha value is -2.31. The molecule has 0 aliphatic heterocycles. The molecule has 0 saturated heterocycles. The van der Waals surface area contributed by atoms with E-state index in [0.29, 0.717) is 15.7 Å². The predicted molar refractivity (Wildman–Crippen MR) is 92.5 cm³/mol. The average molecular weight is 332 g/mol. The molecule has 23 heavy (non-hydrogen) atoms. The highest BCUT2D eigenvalue weighted by Crippen LogP contribution is 2.29. The molecule has 3 rings (SSSR count). The third-order valence-corrected chi connectivity index (χ3v) is 5.12. The van der Waals surface area contributed by atoms with Crippen molar-refractivity contribution >= 4 is 20.9 Å². The normalized spacial score (nSPS) is 12.5. The van der Waals surface area contributed by atoms with Crippen molar-refractivity contribution in [2.75, 3.05) is 6.26 Å². The summed E-state index contributed by atoms with van der Waals surface area (Å²) in [5, 5.41) is 6.70. The van der Waals surface area contributed by atoms with Crippen molar-refractivity contribution in [3.05, 3.63) is 64.8 Å². The van der Waals surface area contributed by atoms with Gasteiger partial charge in [-0.3, -0.25) is 14.1 Å². The summed E-state index contributed by atoms with van der Waals surface area (Å²) in [5.74, 6) is -0.458. The summed E-state index contributed by atoms with van der Waals surface area (Å²) in [7, 11) is -1.26. The SMILES string of the molecule is Cn1cc(-c2cccc([SH](C)(N)=O)c2)c2ccc(F)cc2c1=O. The quantitative estimate of drug-likeness (QED) is 0.707. The number of pyridine rings is 1. The molecular formula is C17H17FN2O2S. The number of hydrogen-bond acceptors (Lipinski definition) is 2. The maximum Gasteiger partial charge on any atom is 0.258 e. The fourth-order valence-corrected chi connectivity index (χ4v) is 3.40. The Morgan fingerprint density at radius 1 is 1.13 bits per heavy atom. The van der Waals surface area contributed by atoms with Crippen LogP contribution in [0.5, 0.6) is 0 Å². The standard InChI is InChI=1S/C17H17FN2O2S/c1-20-10-16(11-4-3-5-13(8-11)23(2,19)22)14-7-6-12(18)9-15(14)17(20)21/h3-10,23H,1-2H3,(H2,19,22). The zero-order valence-electron chi connectivity index (χ0n) is 12.8. The van der Waals surface area contributed by atoms with E-state index in [9.17, 15) is 13.4 Å². The minimum atomic E-state index is -2.88. The summed E-state index contributed by atoms with van der Waals surface area (Å²) in [6, 6.07) is 11.2. The molecule has 0 spiro atoms. The van der Waals surface area contributed by atoms with Crippen molar-refractivity contribution < 1.29 is 8.60 Å². The van der Waals surface area contributed by atoms with Crippen molar-refractivity contribution in [3.63, 3.8) is 0 Å². The van der Waals surface area contributed by atoms with E-state index >= 15 is 0 Å². The lowest BCUT2D eigenvalue weighted by molar-refractivity contribution is 0.629. The number of nitrogens with two attached hydrogens (primary N) is 1. The number of halogens is 1. The van der Waals surface area contributed by atoms with Crippen LogP contribution in [0.25, 0.3) is 21.9 Å². The molecule has 0 radical (unpaired) electrons. The van der Waals surface area contributed by atoms with Gasteiger partial charge in [0.25, 0.3) is 5.56 Å². The van der Waals surface area contributed by atoms with Crippen LogP contribution in [0.4, 0.5) is 4.39 Å². The minimum Gasteiger partial charge on any atom is -0.317 e. The number of rotatable bonds is 2. The maximum absolute atomic E-state index is 13.5. The lowest BCUT2D eigenvalue weighted by atomic mass is 10.0. The minimum absolute atomic E-state index is 0.264. The van der Waals surface area contributed by atoms with Crippen molar-refractivity contribution in [2.24, 2.45) is 12.2 Å². The summed E-state index contributed by atoms with van der Waals surface area (Å²) in [6.45, 7) is 0. The Labute approximate surface area is 133 Å². The van der Waals surface area contributed by atoms with Crippen molar-refractivity contribution in [3.8, 4) is 11.1 Å². The number of hydrogen-bond donors (Lipinski definition) is 2. The third-order valence-electron chi connectivity index (χ3n) is 3.82. The van der Waals surface area contributed by atoms with Crippen molar-refractivity contribution in [1.29, 1.82) is 0 Å². The molecule has 2 N–H and O–H groups in total. The first kappa shape index (κ1) is 15.6. The fraction of sp³-hybridized carbons (Fsp3) is 0.118. The summed E-state index contributed by atoms with van der Waals surface area (Å²) < 4.78 is 27.0. The monoisotopic (exact) mass is 332 g/mol. The number of thiol groups is 1. The first-order chi connectivity index (χ1) is 10.8. The number of aromatic nitrogens is 1. The molecule has 0 aliphatic rings. The van der Waals surface area contributed by atoms with E-state index in [0.717, 1.165) is 11.1 Å². The maximum atomic E-state index is 13.5. The van der Waals surface area contributed by atoms with Gasteiger partial charge in [0.05, 0.1) is 5.39 Å². The first-order valence-corrected chi connectivity index (χ1v) is 9.25. The molecule has 0 amide bonds. The van der Waals surface area contributed by atoms with Gasteiger partial charge in [0, 0.05) is 30.0 Å². The lowest BCUT2D eigenvalue weighted by Crippen LogP contribution is -2.20. The Kier molecular flexibility index (Phi) is 3.66. The van der Waals surface area contributed by atoms with Crippen LogP contribution in [-0.4, -0.2) is 15.0 Å². The molecule has 0 bridgehead atoms. The smallest absolute Gasteiger partial charge is 0.258 e. The molecular weight excluding hydrogens is 315 g/mol. The van der Waals surface area contributed by atoms with E-state index in [4.69, 9.17) is 5.14 Å². The van der Waals surface area contributed by atoms with Gasteiger partial charge in [0.2, 0.25) is 0 Å². The molecule has 0 fully saturated rings. The second-order valence-electron chi connectivity index (χ2n) is 5.69. The summed E-state index contributed by atoms with van der Waals surface area (Å²) in [6.07, 6.45) is 3.19. The van der Waals surface area contributed by atoms with E-state index in [-0.39, 0.29) is 5.56 Å². The van der Waals surface area contributed by atoms with Crippen LogP contribution in [-0.2, 0) is 17.2 Å². The number of nitrogens with zero attached hydrogens (tertiary/aromatic N) is 1. The Balaban J connectivity index is 2.35. The van der Waals surface area contributed by atoms with Gasteiger partial charge in [-0.15, -0.1) is 0 Å². The molecule has 4 nitrogen and oxygen atoms in total. The van der Waals surface area contributed by atoms with Crippen LogP contribution >= 0.6 is 0 Å². The largest absolute Gasteiger partial charge is 0.317 e. The van der Waals surface area contributed by atoms with Gasteiger partial charge in [-0.2, -0.15) is 0 Å². The highest BCUT2D eigenvalue weighted by molar-refractivity contribution is 8.00. The highest BCUT2D eigenvalue weighted by Gasteiger charge is 2.12. The number of benzene rings is 2. The van der Waals surface area contributed by atoms with Crippen molar-refractivity contribution in [1.82, 2.24) is 4.57 Å². The van der Waals surface area contributed by atoms with E-state index in [1.807, 2.05) is 6.07 Å². The van der Waals surface area contributed by atoms with Gasteiger partial charge in [-0.05, 0) is 45.3 Å². The lowest BCUT2D eigenvalue weighted by Gasteiger charge is -2.15. The van der Waals surface area contributed by atoms with E-state index < -0.39 is 15.9 Å². The molecule has 120 valence electrons. The third kappa shape index (κ3) is 2.83. The molecule has 1 heterocycles. The molecule has 1 aromatic heterocycles. The van der Waals surface area contributed by atoms with Gasteiger partial charge in [-0.25, -0.2) is 4.39 Å². The topological polar surface area (TPSA) is 65.1 Å². The summed E-state index contributed by atoms with van der Waals surface area (Å²) >= 11 is 0. The van der Waals surface area contributed by atoms with Gasteiger partial charge in [0.15, 0.2) is 0 Å². The molecule has 2 aromatic carbocycles. The molecule has 6 heteroatoms. The molecule has 3 aromatic rings. The average Bonchev–Trinajstić information content (AvgIpc) is 2.50. The second kappa shape index (κ2) is 5.40. The zero-order valence-corrected chi connectivity index (χ0v) is 13.7. The summed E-state index contributed by atoms with van der Waals surface area (Å²) in [4.78, 5) is 12.8. The van der Waals surface area contributed by atoms with E-state index in [1.54, 1.807) is 37.5 Å².